The summed E-state index contributed by atoms with van der Waals surface area (Å²) in [5, 5.41) is 0. The number of halogens is 1. The molecule has 0 fully saturated rings. The van der Waals surface area contributed by atoms with E-state index in [1.807, 2.05) is 19.1 Å². The van der Waals surface area contributed by atoms with Crippen molar-refractivity contribution in [3.05, 3.63) is 44.2 Å². The van der Waals surface area contributed by atoms with Crippen LogP contribution in [0.3, 0.4) is 0 Å². The average molecular weight is 379 g/mol. The zero-order valence-corrected chi connectivity index (χ0v) is 15.2. The standard InChI is InChI=1S/C17H19BrN2OS/c1-3-20(16-7-5-13(18)10-19-16)17(21)15-9-12-8-11(2)4-6-14(12)22-15/h5,7,9-11H,3-4,6,8H2,1-2H3. The average Bonchev–Trinajstić information content (AvgIpc) is 2.92. The Bertz CT molecular complexity index is 680. The molecule has 0 aromatic carbocycles. The summed E-state index contributed by atoms with van der Waals surface area (Å²) in [5.41, 5.74) is 1.37. The third-order valence-corrected chi connectivity index (χ3v) is 5.78. The minimum absolute atomic E-state index is 0.0596. The van der Waals surface area contributed by atoms with Gasteiger partial charge in [-0.15, -0.1) is 11.3 Å². The van der Waals surface area contributed by atoms with Crippen LogP contribution in [0, 0.1) is 5.92 Å². The van der Waals surface area contributed by atoms with Crippen molar-refractivity contribution < 1.29 is 4.79 Å². The summed E-state index contributed by atoms with van der Waals surface area (Å²) in [7, 11) is 0. The molecule has 0 saturated carbocycles. The molecule has 5 heteroatoms. The summed E-state index contributed by atoms with van der Waals surface area (Å²) in [6, 6.07) is 5.89. The Morgan fingerprint density at radius 2 is 2.32 bits per heavy atom. The van der Waals surface area contributed by atoms with E-state index < -0.39 is 0 Å². The number of thiophene rings is 1. The van der Waals surface area contributed by atoms with Crippen LogP contribution in [-0.4, -0.2) is 17.4 Å². The van der Waals surface area contributed by atoms with Gasteiger partial charge in [-0.1, -0.05) is 6.92 Å². The summed E-state index contributed by atoms with van der Waals surface area (Å²) >= 11 is 5.04. The number of carbonyl (C=O) groups is 1. The van der Waals surface area contributed by atoms with Gasteiger partial charge in [0, 0.05) is 22.1 Å². The summed E-state index contributed by atoms with van der Waals surface area (Å²) in [5.74, 6) is 1.49. The number of rotatable bonds is 3. The predicted molar refractivity (Wildman–Crippen MR) is 94.8 cm³/mol. The third kappa shape index (κ3) is 3.10. The number of aryl methyl sites for hydroxylation is 1. The molecule has 2 heterocycles. The highest BCUT2D eigenvalue weighted by atomic mass is 79.9. The van der Waals surface area contributed by atoms with E-state index in [-0.39, 0.29) is 5.91 Å². The fraction of sp³-hybridized carbons (Fsp3) is 0.412. The minimum atomic E-state index is 0.0596. The molecule has 2 aromatic rings. The normalized spacial score (nSPS) is 17.1. The van der Waals surface area contributed by atoms with Crippen LogP contribution in [0.2, 0.25) is 0 Å². The summed E-state index contributed by atoms with van der Waals surface area (Å²) in [4.78, 5) is 21.2. The Balaban J connectivity index is 1.87. The number of carbonyl (C=O) groups excluding carboxylic acids is 1. The molecule has 3 nitrogen and oxygen atoms in total. The van der Waals surface area contributed by atoms with E-state index in [2.05, 4.69) is 33.9 Å². The number of nitrogens with zero attached hydrogens (tertiary/aromatic N) is 2. The Kier molecular flexibility index (Phi) is 4.64. The van der Waals surface area contributed by atoms with Gasteiger partial charge in [-0.3, -0.25) is 9.69 Å². The monoisotopic (exact) mass is 378 g/mol. The van der Waals surface area contributed by atoms with Gasteiger partial charge in [0.25, 0.3) is 5.91 Å². The molecule has 22 heavy (non-hydrogen) atoms. The molecule has 0 N–H and O–H groups in total. The number of anilines is 1. The third-order valence-electron chi connectivity index (χ3n) is 4.09. The molecule has 1 amide bonds. The highest BCUT2D eigenvalue weighted by molar-refractivity contribution is 9.10. The van der Waals surface area contributed by atoms with E-state index in [0.717, 1.165) is 28.1 Å². The van der Waals surface area contributed by atoms with Crippen LogP contribution in [0.5, 0.6) is 0 Å². The molecule has 2 aromatic heterocycles. The quantitative estimate of drug-likeness (QED) is 0.775. The number of hydrogen-bond donors (Lipinski definition) is 0. The van der Waals surface area contributed by atoms with Crippen molar-refractivity contribution in [2.75, 3.05) is 11.4 Å². The first-order valence-corrected chi connectivity index (χ1v) is 9.24. The minimum Gasteiger partial charge on any atom is -0.292 e. The number of hydrogen-bond acceptors (Lipinski definition) is 3. The van der Waals surface area contributed by atoms with Gasteiger partial charge in [-0.25, -0.2) is 4.98 Å². The number of amides is 1. The Hall–Kier alpha value is -1.20. The molecular weight excluding hydrogens is 360 g/mol. The highest BCUT2D eigenvalue weighted by Crippen LogP contribution is 2.33. The van der Waals surface area contributed by atoms with Gasteiger partial charge < -0.3 is 0 Å². The zero-order chi connectivity index (χ0) is 15.7. The maximum absolute atomic E-state index is 12.8. The fourth-order valence-electron chi connectivity index (χ4n) is 2.88. The van der Waals surface area contributed by atoms with Crippen molar-refractivity contribution in [2.45, 2.75) is 33.1 Å². The molecule has 0 spiro atoms. The molecule has 0 saturated heterocycles. The second-order valence-electron chi connectivity index (χ2n) is 5.79. The maximum atomic E-state index is 12.8. The molecule has 0 bridgehead atoms. The molecule has 1 atom stereocenters. The van der Waals surface area contributed by atoms with Gasteiger partial charge in [0.05, 0.1) is 4.88 Å². The van der Waals surface area contributed by atoms with Crippen molar-refractivity contribution in [1.82, 2.24) is 4.98 Å². The first-order valence-electron chi connectivity index (χ1n) is 7.63. The van der Waals surface area contributed by atoms with E-state index in [1.54, 1.807) is 22.4 Å². The molecule has 0 aliphatic heterocycles. The SMILES string of the molecule is CCN(C(=O)c1cc2c(s1)CCC(C)C2)c1ccc(Br)cn1. The molecule has 116 valence electrons. The van der Waals surface area contributed by atoms with Crippen molar-refractivity contribution in [3.63, 3.8) is 0 Å². The first kappa shape index (κ1) is 15.7. The molecule has 1 unspecified atom stereocenters. The van der Waals surface area contributed by atoms with Crippen molar-refractivity contribution in [2.24, 2.45) is 5.92 Å². The lowest BCUT2D eigenvalue weighted by atomic mass is 9.90. The molecule has 3 rings (SSSR count). The lowest BCUT2D eigenvalue weighted by Crippen LogP contribution is -2.30. The number of fused-ring (bicyclic) bond motifs is 1. The van der Waals surface area contributed by atoms with Crippen LogP contribution in [-0.2, 0) is 12.8 Å². The van der Waals surface area contributed by atoms with E-state index in [4.69, 9.17) is 0 Å². The second kappa shape index (κ2) is 6.50. The van der Waals surface area contributed by atoms with Gasteiger partial charge in [0.1, 0.15) is 5.82 Å². The predicted octanol–water partition coefficient (Wildman–Crippen LogP) is 4.70. The van der Waals surface area contributed by atoms with Crippen LogP contribution < -0.4 is 4.90 Å². The van der Waals surface area contributed by atoms with E-state index in [0.29, 0.717) is 12.4 Å². The van der Waals surface area contributed by atoms with E-state index in [9.17, 15) is 4.79 Å². The molecule has 1 aliphatic rings. The smallest absolute Gasteiger partial charge is 0.269 e. The topological polar surface area (TPSA) is 33.2 Å². The van der Waals surface area contributed by atoms with Gasteiger partial charge in [-0.05, 0) is 71.8 Å². The van der Waals surface area contributed by atoms with Gasteiger partial charge >= 0.3 is 0 Å². The van der Waals surface area contributed by atoms with Crippen LogP contribution >= 0.6 is 27.3 Å². The number of pyridine rings is 1. The second-order valence-corrected chi connectivity index (χ2v) is 7.84. The van der Waals surface area contributed by atoms with Gasteiger partial charge in [-0.2, -0.15) is 0 Å². The summed E-state index contributed by atoms with van der Waals surface area (Å²) < 4.78 is 0.917. The Labute approximate surface area is 143 Å². The van der Waals surface area contributed by atoms with Crippen molar-refractivity contribution >= 4 is 39.0 Å². The maximum Gasteiger partial charge on any atom is 0.269 e. The molecule has 1 aliphatic carbocycles. The van der Waals surface area contributed by atoms with Crippen molar-refractivity contribution in [3.8, 4) is 0 Å². The van der Waals surface area contributed by atoms with Crippen molar-refractivity contribution in [1.29, 1.82) is 0 Å². The van der Waals surface area contributed by atoms with Crippen LogP contribution in [0.1, 0.15) is 40.4 Å². The van der Waals surface area contributed by atoms with E-state index >= 15 is 0 Å². The van der Waals surface area contributed by atoms with Crippen LogP contribution in [0.25, 0.3) is 0 Å². The zero-order valence-electron chi connectivity index (χ0n) is 12.8. The number of aromatic nitrogens is 1. The first-order chi connectivity index (χ1) is 10.6. The van der Waals surface area contributed by atoms with Gasteiger partial charge in [0.2, 0.25) is 0 Å². The van der Waals surface area contributed by atoms with Crippen LogP contribution in [0.4, 0.5) is 5.82 Å². The Morgan fingerprint density at radius 1 is 1.50 bits per heavy atom. The van der Waals surface area contributed by atoms with Crippen LogP contribution in [0.15, 0.2) is 28.9 Å². The fourth-order valence-corrected chi connectivity index (χ4v) is 4.27. The van der Waals surface area contributed by atoms with E-state index in [1.165, 1.54) is 16.9 Å². The lowest BCUT2D eigenvalue weighted by Gasteiger charge is -2.19. The lowest BCUT2D eigenvalue weighted by molar-refractivity contribution is 0.0991. The summed E-state index contributed by atoms with van der Waals surface area (Å²) in [6.45, 7) is 4.88. The van der Waals surface area contributed by atoms with Gasteiger partial charge in [0.15, 0.2) is 0 Å². The molecule has 0 radical (unpaired) electrons. The highest BCUT2D eigenvalue weighted by Gasteiger charge is 2.24. The summed E-state index contributed by atoms with van der Waals surface area (Å²) in [6.07, 6.45) is 5.16. The molecular formula is C17H19BrN2OS. The largest absolute Gasteiger partial charge is 0.292 e. The Morgan fingerprint density at radius 3 is 3.00 bits per heavy atom.